The molecule has 20 heteroatoms. The van der Waals surface area contributed by atoms with Gasteiger partial charge in [-0.2, -0.15) is 19.6 Å². The monoisotopic (exact) mass is 970 g/mol. The highest BCUT2D eigenvalue weighted by Gasteiger charge is 2.35. The van der Waals surface area contributed by atoms with E-state index in [1.807, 2.05) is 26.0 Å². The summed E-state index contributed by atoms with van der Waals surface area (Å²) in [4.78, 5) is 39.3. The summed E-state index contributed by atoms with van der Waals surface area (Å²) in [5.41, 5.74) is 31.9. The summed E-state index contributed by atoms with van der Waals surface area (Å²) < 4.78 is 31.9. The molecule has 3 aromatic carbocycles. The van der Waals surface area contributed by atoms with Gasteiger partial charge in [0.25, 0.3) is 17.7 Å². The number of nitrogens with one attached hydrogen (secondary N) is 6. The largest absolute Gasteiger partial charge is 0.385 e. The van der Waals surface area contributed by atoms with E-state index < -0.39 is 11.8 Å². The Bertz CT molecular complexity index is 2950. The van der Waals surface area contributed by atoms with Crippen LogP contribution in [0.15, 0.2) is 42.5 Å². The number of benzene rings is 3. The molecule has 6 aliphatic heterocycles. The van der Waals surface area contributed by atoms with Crippen molar-refractivity contribution in [3.8, 4) is 0 Å². The third-order valence-corrected chi connectivity index (χ3v) is 14.7. The highest BCUT2D eigenvalue weighted by atomic mass is 19.1. The first-order valence-electron chi connectivity index (χ1n) is 24.5. The minimum absolute atomic E-state index is 0.0354. The predicted molar refractivity (Wildman–Crippen MR) is 269 cm³/mol. The zero-order valence-corrected chi connectivity index (χ0v) is 40.3. The molecule has 6 aliphatic rings. The Morgan fingerprint density at radius 2 is 0.972 bits per heavy atom. The van der Waals surface area contributed by atoms with Crippen LogP contribution in [0.2, 0.25) is 0 Å². The maximum atomic E-state index is 13.9. The summed E-state index contributed by atoms with van der Waals surface area (Å²) in [6, 6.07) is 12.0. The van der Waals surface area contributed by atoms with Gasteiger partial charge in [-0.3, -0.25) is 14.4 Å². The second kappa shape index (κ2) is 19.6. The van der Waals surface area contributed by atoms with Crippen molar-refractivity contribution >= 4 is 52.2 Å². The molecule has 12 N–H and O–H groups in total. The van der Waals surface area contributed by atoms with Crippen molar-refractivity contribution in [2.45, 2.75) is 96.7 Å². The normalized spacial score (nSPS) is 19.4. The number of nitrogens with zero attached hydrogens (tertiary/aromatic N) is 6. The fraction of sp³-hybridized carbons (Fsp3) is 0.412. The van der Waals surface area contributed by atoms with Crippen molar-refractivity contribution < 1.29 is 23.2 Å². The van der Waals surface area contributed by atoms with Gasteiger partial charge in [0, 0.05) is 112 Å². The van der Waals surface area contributed by atoms with E-state index in [4.69, 9.17) is 17.2 Å². The van der Waals surface area contributed by atoms with Gasteiger partial charge >= 0.3 is 0 Å². The lowest BCUT2D eigenvalue weighted by Crippen LogP contribution is -2.31. The Kier molecular flexibility index (Phi) is 13.1. The number of anilines is 6. The minimum atomic E-state index is -0.438. The van der Waals surface area contributed by atoms with Gasteiger partial charge in [0.15, 0.2) is 5.82 Å². The second-order valence-electron chi connectivity index (χ2n) is 19.2. The molecule has 71 heavy (non-hydrogen) atoms. The van der Waals surface area contributed by atoms with Crippen LogP contribution in [0.1, 0.15) is 119 Å². The smallest absolute Gasteiger partial charge is 0.256 e. The maximum absolute atomic E-state index is 13.9. The molecule has 0 saturated heterocycles. The van der Waals surface area contributed by atoms with E-state index in [0.29, 0.717) is 74.1 Å². The Morgan fingerprint density at radius 1 is 0.535 bits per heavy atom. The molecule has 9 heterocycles. The number of hydrogen-bond donors (Lipinski definition) is 9. The number of para-hydroxylation sites is 1. The number of fused-ring (bicyclic) bond motifs is 6. The van der Waals surface area contributed by atoms with Gasteiger partial charge in [0.05, 0.1) is 34.8 Å². The first-order valence-corrected chi connectivity index (χ1v) is 24.5. The van der Waals surface area contributed by atoms with Crippen LogP contribution in [-0.2, 0) is 38.9 Å². The van der Waals surface area contributed by atoms with Crippen LogP contribution in [0, 0.1) is 32.4 Å². The van der Waals surface area contributed by atoms with Gasteiger partial charge in [-0.05, 0) is 97.7 Å². The lowest BCUT2D eigenvalue weighted by atomic mass is 9.88. The van der Waals surface area contributed by atoms with Crippen molar-refractivity contribution in [3.63, 3.8) is 0 Å². The molecule has 3 aromatic heterocycles. The molecule has 0 saturated carbocycles. The van der Waals surface area contributed by atoms with Crippen LogP contribution >= 0.6 is 0 Å². The van der Waals surface area contributed by atoms with Crippen molar-refractivity contribution in [1.82, 2.24) is 45.3 Å². The third kappa shape index (κ3) is 8.88. The molecule has 3 atom stereocenters. The van der Waals surface area contributed by atoms with Crippen LogP contribution in [0.5, 0.6) is 0 Å². The van der Waals surface area contributed by atoms with E-state index in [2.05, 4.69) is 60.2 Å². The molecular weight excluding hydrogens is 909 g/mol. The molecule has 372 valence electrons. The van der Waals surface area contributed by atoms with E-state index in [0.717, 1.165) is 119 Å². The number of carbonyl (C=O) groups is 3. The number of halogens is 2. The van der Waals surface area contributed by atoms with Crippen LogP contribution in [-0.4, -0.2) is 86.3 Å². The van der Waals surface area contributed by atoms with Crippen LogP contribution in [0.3, 0.4) is 0 Å². The van der Waals surface area contributed by atoms with E-state index >= 15 is 0 Å². The van der Waals surface area contributed by atoms with Crippen LogP contribution in [0.25, 0.3) is 0 Å². The van der Waals surface area contributed by atoms with E-state index in [1.54, 1.807) is 4.68 Å². The quantitative estimate of drug-likeness (QED) is 0.110. The molecule has 0 amide bonds. The lowest BCUT2D eigenvalue weighted by molar-refractivity contribution is 0.0846. The summed E-state index contributed by atoms with van der Waals surface area (Å²) in [5.74, 6) is -0.763. The molecular formula is C51H61F2N15O3. The number of hydrogen-bond acceptors (Lipinski definition) is 15. The highest BCUT2D eigenvalue weighted by Crippen LogP contribution is 2.39. The first kappa shape index (κ1) is 47.5. The minimum Gasteiger partial charge on any atom is -0.385 e. The van der Waals surface area contributed by atoms with Gasteiger partial charge in [-0.15, -0.1) is 5.10 Å². The zero-order chi connectivity index (χ0) is 49.7. The topological polar surface area (TPSA) is 255 Å². The van der Waals surface area contributed by atoms with E-state index in [1.165, 1.54) is 39.2 Å². The Hall–Kier alpha value is -7.16. The number of carbonyl (C=O) groups excluding carboxylic acids is 3. The molecule has 0 fully saturated rings. The molecule has 0 spiro atoms. The number of nitrogen functional groups attached to an aromatic ring is 3. The molecule has 0 radical (unpaired) electrons. The lowest BCUT2D eigenvalue weighted by Gasteiger charge is -2.27. The Balaban J connectivity index is 0.000000123. The van der Waals surface area contributed by atoms with Crippen LogP contribution in [0.4, 0.5) is 43.3 Å². The third-order valence-electron chi connectivity index (χ3n) is 14.7. The van der Waals surface area contributed by atoms with Gasteiger partial charge < -0.3 is 49.1 Å². The molecule has 12 rings (SSSR count). The van der Waals surface area contributed by atoms with Gasteiger partial charge in [-0.1, -0.05) is 18.2 Å². The van der Waals surface area contributed by atoms with E-state index in [9.17, 15) is 23.2 Å². The maximum Gasteiger partial charge on any atom is 0.256 e. The Labute approximate surface area is 409 Å². The van der Waals surface area contributed by atoms with Crippen LogP contribution < -0.4 is 49.1 Å². The van der Waals surface area contributed by atoms with Gasteiger partial charge in [0.1, 0.15) is 23.3 Å². The van der Waals surface area contributed by atoms with Crippen molar-refractivity contribution in [1.29, 1.82) is 0 Å². The zero-order valence-electron chi connectivity index (χ0n) is 40.3. The highest BCUT2D eigenvalue weighted by molar-refractivity contribution is 5.92. The van der Waals surface area contributed by atoms with Gasteiger partial charge in [0.2, 0.25) is 0 Å². The van der Waals surface area contributed by atoms with Crippen molar-refractivity contribution in [2.75, 3.05) is 72.4 Å². The molecule has 1 unspecified atom stereocenters. The van der Waals surface area contributed by atoms with Crippen molar-refractivity contribution in [2.24, 2.45) is 0 Å². The first-order chi connectivity index (χ1) is 34.3. The summed E-state index contributed by atoms with van der Waals surface area (Å²) in [5, 5.41) is 32.9. The standard InChI is InChI=1S/2C17H20FN5O.C17H21N5O/c2*1-9-6-10(18)7-12-11(2-5-21-15(9)12)17(24)23-16(19)13-8-20-4-3-14(13)22-23;1-10-3-2-4-11-12(5-8-20-15(10)11)17(23)22-14-6-7-19-9-13(14)16(18)21-22/h2*6-7,11,20-21H,2-5,8,19H2,1H3;2-4,12,19-20H,5-9H2,1H3,(H2,18,21)/t2*11-;/m10./s1. The molecule has 0 bridgehead atoms. The summed E-state index contributed by atoms with van der Waals surface area (Å²) >= 11 is 0. The summed E-state index contributed by atoms with van der Waals surface area (Å²) in [6.45, 7) is 12.3. The average molecular weight is 970 g/mol. The molecule has 0 aliphatic carbocycles. The average Bonchev–Trinajstić information content (AvgIpc) is 4.03. The Morgan fingerprint density at radius 3 is 1.46 bits per heavy atom. The fourth-order valence-corrected chi connectivity index (χ4v) is 11.0. The predicted octanol–water partition coefficient (Wildman–Crippen LogP) is 5.26. The van der Waals surface area contributed by atoms with Crippen molar-refractivity contribution in [3.05, 3.63) is 121 Å². The van der Waals surface area contributed by atoms with Gasteiger partial charge in [-0.25, -0.2) is 13.5 Å². The molecule has 6 aromatic rings. The number of aromatic nitrogens is 6. The fourth-order valence-electron chi connectivity index (χ4n) is 11.0. The number of nitrogens with two attached hydrogens (primary N) is 3. The summed E-state index contributed by atoms with van der Waals surface area (Å²) in [6.07, 6.45) is 4.28. The second-order valence-corrected chi connectivity index (χ2v) is 19.2. The number of rotatable bonds is 3. The van der Waals surface area contributed by atoms with E-state index in [-0.39, 0.29) is 35.3 Å². The molecule has 18 nitrogen and oxygen atoms in total. The SMILES string of the molecule is Cc1cc(F)cc2c1NCC[C@@H]2C(=O)n1nc2c(c1N)CNCC2.Cc1cc(F)cc2c1NCC[C@H]2C(=O)n1nc2c(c1N)CNCC2.Cc1cccc2c1NCCC2C(=O)n1nc(N)c2c1CCNC2. The summed E-state index contributed by atoms with van der Waals surface area (Å²) in [7, 11) is 0. The number of aryl methyl sites for hydroxylation is 3.